The fourth-order valence-electron chi connectivity index (χ4n) is 3.41. The largest absolute Gasteiger partial charge is 0.497 e. The zero-order valence-electron chi connectivity index (χ0n) is 17.9. The van der Waals surface area contributed by atoms with Crippen molar-refractivity contribution in [2.45, 2.75) is 6.92 Å². The van der Waals surface area contributed by atoms with Crippen LogP contribution in [0.25, 0.3) is 22.5 Å². The van der Waals surface area contributed by atoms with Crippen molar-refractivity contribution in [3.8, 4) is 33.6 Å². The molecule has 0 unspecified atom stereocenters. The molecule has 0 aliphatic carbocycles. The van der Waals surface area contributed by atoms with Crippen LogP contribution in [-0.4, -0.2) is 34.3 Å². The first-order valence-corrected chi connectivity index (χ1v) is 11.0. The third kappa shape index (κ3) is 4.31. The molecule has 8 nitrogen and oxygen atoms in total. The molecule has 1 aliphatic heterocycles. The van der Waals surface area contributed by atoms with E-state index in [1.165, 1.54) is 17.4 Å². The number of carbonyl (C=O) groups excluding carboxylic acids is 1. The highest BCUT2D eigenvalue weighted by Gasteiger charge is 2.15. The molecule has 2 aromatic heterocycles. The normalized spacial score (nSPS) is 12.3. The molecule has 0 saturated carbocycles. The molecule has 0 saturated heterocycles. The Morgan fingerprint density at radius 3 is 2.97 bits per heavy atom. The van der Waals surface area contributed by atoms with Crippen molar-refractivity contribution in [1.29, 1.82) is 0 Å². The van der Waals surface area contributed by atoms with Crippen LogP contribution in [0.15, 0.2) is 60.1 Å². The Bertz CT molecular complexity index is 1360. The number of carbonyl (C=O) groups is 1. The summed E-state index contributed by atoms with van der Waals surface area (Å²) in [7, 11) is 1.64. The maximum Gasteiger partial charge on any atom is 0.249 e. The SMILES string of the molecule is COc1cccc(-c2csc(-n3c(NC(=O)/C=C/c4ccc5c(c4)OCO5)cnc3C)n2)c1. The molecular formula is C24H20N4O4S. The van der Waals surface area contributed by atoms with Crippen LogP contribution in [0.2, 0.25) is 0 Å². The van der Waals surface area contributed by atoms with Crippen LogP contribution < -0.4 is 19.5 Å². The molecule has 0 spiro atoms. The molecule has 2 aromatic carbocycles. The molecule has 0 bridgehead atoms. The second kappa shape index (κ2) is 8.79. The number of fused-ring (bicyclic) bond motifs is 1. The predicted molar refractivity (Wildman–Crippen MR) is 126 cm³/mol. The van der Waals surface area contributed by atoms with E-state index in [2.05, 4.69) is 10.3 Å². The van der Waals surface area contributed by atoms with Gasteiger partial charge in [-0.15, -0.1) is 11.3 Å². The fourth-order valence-corrected chi connectivity index (χ4v) is 4.31. The molecule has 9 heteroatoms. The van der Waals surface area contributed by atoms with Crippen molar-refractivity contribution in [2.75, 3.05) is 19.2 Å². The quantitative estimate of drug-likeness (QED) is 0.420. The van der Waals surface area contributed by atoms with E-state index in [9.17, 15) is 4.79 Å². The standard InChI is InChI=1S/C24H20N4O4S/c1-15-25-12-22(27-23(29)9-7-16-6-8-20-21(10-16)32-14-31-20)28(15)24-26-19(13-33-24)17-4-3-5-18(11-17)30-2/h3-13H,14H2,1-2H3,(H,27,29)/b9-7+. The molecule has 0 atom stereocenters. The van der Waals surface area contributed by atoms with Crippen LogP contribution in [0.5, 0.6) is 17.2 Å². The van der Waals surface area contributed by atoms with Gasteiger partial charge in [0.15, 0.2) is 16.6 Å². The lowest BCUT2D eigenvalue weighted by Crippen LogP contribution is -2.12. The van der Waals surface area contributed by atoms with Crippen LogP contribution in [0.4, 0.5) is 5.82 Å². The number of methoxy groups -OCH3 is 1. The average molecular weight is 461 g/mol. The molecule has 5 rings (SSSR count). The number of aryl methyl sites for hydroxylation is 1. The summed E-state index contributed by atoms with van der Waals surface area (Å²) < 4.78 is 17.8. The molecule has 166 valence electrons. The molecule has 33 heavy (non-hydrogen) atoms. The van der Waals surface area contributed by atoms with Gasteiger partial charge >= 0.3 is 0 Å². The molecular weight excluding hydrogens is 440 g/mol. The van der Waals surface area contributed by atoms with Gasteiger partial charge in [-0.2, -0.15) is 0 Å². The van der Waals surface area contributed by atoms with Gasteiger partial charge < -0.3 is 19.5 Å². The van der Waals surface area contributed by atoms with Crippen molar-refractivity contribution < 1.29 is 19.0 Å². The zero-order valence-corrected chi connectivity index (χ0v) is 18.8. The Morgan fingerprint density at radius 2 is 2.09 bits per heavy atom. The Labute approximate surface area is 194 Å². The number of anilines is 1. The number of hydrogen-bond acceptors (Lipinski definition) is 7. The number of aromatic nitrogens is 3. The molecule has 1 amide bonds. The van der Waals surface area contributed by atoms with Crippen molar-refractivity contribution in [3.63, 3.8) is 0 Å². The third-order valence-electron chi connectivity index (χ3n) is 5.06. The average Bonchev–Trinajstić information content (AvgIpc) is 3.57. The summed E-state index contributed by atoms with van der Waals surface area (Å²) in [4.78, 5) is 21.7. The van der Waals surface area contributed by atoms with Gasteiger partial charge in [0.1, 0.15) is 17.4 Å². The van der Waals surface area contributed by atoms with E-state index in [-0.39, 0.29) is 12.7 Å². The zero-order chi connectivity index (χ0) is 22.8. The van der Waals surface area contributed by atoms with Gasteiger partial charge in [-0.3, -0.25) is 9.36 Å². The molecule has 0 radical (unpaired) electrons. The number of imidazole rings is 1. The highest BCUT2D eigenvalue weighted by atomic mass is 32.1. The number of thiazole rings is 1. The number of benzene rings is 2. The predicted octanol–water partition coefficient (Wildman–Crippen LogP) is 4.69. The van der Waals surface area contributed by atoms with E-state index in [0.29, 0.717) is 22.4 Å². The van der Waals surface area contributed by atoms with Crippen molar-refractivity contribution in [2.24, 2.45) is 0 Å². The summed E-state index contributed by atoms with van der Waals surface area (Å²) >= 11 is 1.47. The highest BCUT2D eigenvalue weighted by molar-refractivity contribution is 7.12. The van der Waals surface area contributed by atoms with Gasteiger partial charge in [-0.25, -0.2) is 9.97 Å². The highest BCUT2D eigenvalue weighted by Crippen LogP contribution is 2.33. The van der Waals surface area contributed by atoms with Crippen LogP contribution in [-0.2, 0) is 4.79 Å². The maximum absolute atomic E-state index is 12.6. The Hall–Kier alpha value is -4.11. The first kappa shape index (κ1) is 20.8. The van der Waals surface area contributed by atoms with E-state index in [1.54, 1.807) is 19.4 Å². The first-order valence-electron chi connectivity index (χ1n) is 10.1. The van der Waals surface area contributed by atoms with Gasteiger partial charge in [-0.1, -0.05) is 18.2 Å². The Balaban J connectivity index is 1.34. The van der Waals surface area contributed by atoms with Crippen molar-refractivity contribution in [1.82, 2.24) is 14.5 Å². The minimum atomic E-state index is -0.279. The number of rotatable bonds is 6. The topological polar surface area (TPSA) is 87.5 Å². The van der Waals surface area contributed by atoms with Gasteiger partial charge in [0.2, 0.25) is 12.7 Å². The first-order chi connectivity index (χ1) is 16.1. The van der Waals surface area contributed by atoms with Crippen LogP contribution in [0.1, 0.15) is 11.4 Å². The van der Waals surface area contributed by atoms with Crippen molar-refractivity contribution >= 4 is 29.1 Å². The van der Waals surface area contributed by atoms with E-state index >= 15 is 0 Å². The third-order valence-corrected chi connectivity index (χ3v) is 5.89. The van der Waals surface area contributed by atoms with Gasteiger partial charge in [0.25, 0.3) is 0 Å². The maximum atomic E-state index is 12.6. The summed E-state index contributed by atoms with van der Waals surface area (Å²) in [5.74, 6) is 3.12. The van der Waals surface area contributed by atoms with Gasteiger partial charge in [0.05, 0.1) is 19.0 Å². The molecule has 1 aliphatic rings. The second-order valence-corrected chi connectivity index (χ2v) is 8.05. The van der Waals surface area contributed by atoms with E-state index in [4.69, 9.17) is 19.2 Å². The van der Waals surface area contributed by atoms with Crippen LogP contribution in [0, 0.1) is 6.92 Å². The molecule has 3 heterocycles. The minimum Gasteiger partial charge on any atom is -0.497 e. The Morgan fingerprint density at radius 1 is 1.21 bits per heavy atom. The number of nitrogens with zero attached hydrogens (tertiary/aromatic N) is 3. The number of hydrogen-bond donors (Lipinski definition) is 1. The molecule has 4 aromatic rings. The number of amides is 1. The lowest BCUT2D eigenvalue weighted by atomic mass is 10.2. The minimum absolute atomic E-state index is 0.211. The summed E-state index contributed by atoms with van der Waals surface area (Å²) in [6.45, 7) is 2.08. The molecule has 1 N–H and O–H groups in total. The van der Waals surface area contributed by atoms with Crippen LogP contribution in [0.3, 0.4) is 0 Å². The molecule has 0 fully saturated rings. The summed E-state index contributed by atoms with van der Waals surface area (Å²) in [5.41, 5.74) is 2.61. The van der Waals surface area contributed by atoms with Crippen LogP contribution >= 0.6 is 11.3 Å². The monoisotopic (exact) mass is 460 g/mol. The second-order valence-electron chi connectivity index (χ2n) is 7.21. The van der Waals surface area contributed by atoms with Gasteiger partial charge in [-0.05, 0) is 42.8 Å². The smallest absolute Gasteiger partial charge is 0.249 e. The van der Waals surface area contributed by atoms with Gasteiger partial charge in [0, 0.05) is 17.0 Å². The van der Waals surface area contributed by atoms with E-state index < -0.39 is 0 Å². The lowest BCUT2D eigenvalue weighted by Gasteiger charge is -2.07. The Kier molecular flexibility index (Phi) is 5.54. The number of ether oxygens (including phenoxy) is 3. The summed E-state index contributed by atoms with van der Waals surface area (Å²) in [6, 6.07) is 13.2. The summed E-state index contributed by atoms with van der Waals surface area (Å²) in [5, 5.41) is 5.56. The van der Waals surface area contributed by atoms with E-state index in [1.807, 2.05) is 59.3 Å². The number of nitrogens with one attached hydrogen (secondary N) is 1. The lowest BCUT2D eigenvalue weighted by molar-refractivity contribution is -0.111. The van der Waals surface area contributed by atoms with E-state index in [0.717, 1.165) is 28.4 Å². The van der Waals surface area contributed by atoms with Crippen molar-refractivity contribution in [3.05, 3.63) is 71.5 Å². The fraction of sp³-hybridized carbons (Fsp3) is 0.125. The summed E-state index contributed by atoms with van der Waals surface area (Å²) in [6.07, 6.45) is 4.80.